The third-order valence-corrected chi connectivity index (χ3v) is 16.9. The van der Waals surface area contributed by atoms with E-state index in [1.54, 1.807) is 0 Å². The van der Waals surface area contributed by atoms with Crippen molar-refractivity contribution < 1.29 is 81.2 Å². The zero-order chi connectivity index (χ0) is 64.9. The minimum absolute atomic E-state index is 0.0846. The van der Waals surface area contributed by atoms with Crippen molar-refractivity contribution in [1.29, 1.82) is 0 Å². The molecule has 516 valence electrons. The molecule has 0 spiro atoms. The van der Waals surface area contributed by atoms with Gasteiger partial charge in [-0.25, -0.2) is 4.57 Å². The number of aliphatic hydroxyl groups is 1. The van der Waals surface area contributed by atoms with Gasteiger partial charge in [0.2, 0.25) is 11.8 Å². The highest BCUT2D eigenvalue weighted by Crippen LogP contribution is 2.42. The summed E-state index contributed by atoms with van der Waals surface area (Å²) in [7, 11) is -5.44. The second-order valence-corrected chi connectivity index (χ2v) is 25.9. The van der Waals surface area contributed by atoms with Crippen LogP contribution in [0.15, 0.2) is 0 Å². The highest BCUT2D eigenvalue weighted by Gasteiger charge is 2.52. The number of amides is 2. The summed E-state index contributed by atoms with van der Waals surface area (Å²) in [5, 5.41) is 16.4. The minimum Gasteiger partial charge on any atom is -0.462 e. The molecule has 5 N–H and O–H groups in total. The van der Waals surface area contributed by atoms with Crippen LogP contribution in [0.2, 0.25) is 0 Å². The number of hydrogen-bond acceptors (Lipinski definition) is 15. The van der Waals surface area contributed by atoms with E-state index in [1.165, 1.54) is 83.5 Å². The van der Waals surface area contributed by atoms with Crippen LogP contribution >= 0.6 is 7.82 Å². The average molecular weight is 1280 g/mol. The zero-order valence-corrected chi connectivity index (χ0v) is 57.0. The Morgan fingerprint density at radius 1 is 0.443 bits per heavy atom. The first kappa shape index (κ1) is 82.8. The van der Waals surface area contributed by atoms with E-state index in [4.69, 9.17) is 32.9 Å². The van der Waals surface area contributed by atoms with Crippen LogP contribution in [0.1, 0.15) is 330 Å². The lowest BCUT2D eigenvalue weighted by Gasteiger charge is -2.45. The molecule has 0 aromatic heterocycles. The smallest absolute Gasteiger partial charge is 0.462 e. The fourth-order valence-electron chi connectivity index (χ4n) is 11.2. The van der Waals surface area contributed by atoms with Gasteiger partial charge < -0.3 is 53.9 Å². The van der Waals surface area contributed by atoms with E-state index in [2.05, 4.69) is 38.3 Å². The largest absolute Gasteiger partial charge is 0.470 e. The Balaban J connectivity index is 3.61. The lowest BCUT2D eigenvalue weighted by molar-refractivity contribution is -0.270. The zero-order valence-electron chi connectivity index (χ0n) is 56.1. The topological polar surface area (TPSA) is 269 Å². The van der Waals surface area contributed by atoms with Crippen molar-refractivity contribution in [3.63, 3.8) is 0 Å². The van der Waals surface area contributed by atoms with Crippen LogP contribution < -0.4 is 10.6 Å². The predicted octanol–water partition coefficient (Wildman–Crippen LogP) is 15.1. The molecule has 1 saturated heterocycles. The fraction of sp³-hybridized carbons (Fsp3) is 0.912. The Hall–Kier alpha value is -3.19. The molecule has 1 fully saturated rings. The number of rotatable bonds is 60. The maximum Gasteiger partial charge on any atom is 0.470 e. The lowest BCUT2D eigenvalue weighted by Crippen LogP contribution is -2.66. The van der Waals surface area contributed by atoms with Gasteiger partial charge in [-0.2, -0.15) is 0 Å². The van der Waals surface area contributed by atoms with E-state index < -0.39 is 99.5 Å². The number of ether oxygens (including phenoxy) is 6. The fourth-order valence-corrected chi connectivity index (χ4v) is 11.8. The van der Waals surface area contributed by atoms with Crippen molar-refractivity contribution in [1.82, 2.24) is 10.6 Å². The van der Waals surface area contributed by atoms with E-state index in [9.17, 15) is 48.2 Å². The molecule has 2 amide bonds. The van der Waals surface area contributed by atoms with Crippen LogP contribution in [0.25, 0.3) is 0 Å². The molecule has 0 radical (unpaired) electrons. The summed E-state index contributed by atoms with van der Waals surface area (Å²) in [5.41, 5.74) is 0. The molecule has 1 aliphatic heterocycles. The van der Waals surface area contributed by atoms with Gasteiger partial charge in [-0.1, -0.05) is 234 Å². The van der Waals surface area contributed by atoms with Gasteiger partial charge in [0, 0.05) is 25.8 Å². The number of phosphoric ester groups is 1. The van der Waals surface area contributed by atoms with E-state index in [0.29, 0.717) is 51.4 Å². The van der Waals surface area contributed by atoms with Crippen molar-refractivity contribution in [2.45, 2.75) is 379 Å². The van der Waals surface area contributed by atoms with E-state index in [1.807, 2.05) is 13.8 Å². The summed E-state index contributed by atoms with van der Waals surface area (Å²) < 4.78 is 54.3. The van der Waals surface area contributed by atoms with Gasteiger partial charge in [0.15, 0.2) is 12.4 Å². The molecule has 0 aromatic rings. The van der Waals surface area contributed by atoms with Gasteiger partial charge >= 0.3 is 31.7 Å². The Kier molecular flexibility index (Phi) is 52.2. The van der Waals surface area contributed by atoms with Gasteiger partial charge in [0.1, 0.15) is 36.6 Å². The number of esters is 4. The number of aliphatic hydroxyl groups excluding tert-OH is 1. The highest BCUT2D eigenvalue weighted by atomic mass is 31.2. The Labute approximate surface area is 532 Å². The average Bonchev–Trinajstić information content (AvgIpc) is 2.38. The van der Waals surface area contributed by atoms with Crippen molar-refractivity contribution in [2.24, 2.45) is 0 Å². The summed E-state index contributed by atoms with van der Waals surface area (Å²) in [6.45, 7) is 11.4. The first-order valence-electron chi connectivity index (χ1n) is 35.5. The van der Waals surface area contributed by atoms with Gasteiger partial charge in [-0.15, -0.1) is 0 Å². The molecule has 0 unspecified atom stereocenters. The van der Waals surface area contributed by atoms with Crippen LogP contribution in [0.3, 0.4) is 0 Å². The van der Waals surface area contributed by atoms with Crippen LogP contribution in [0.5, 0.6) is 0 Å². The van der Waals surface area contributed by atoms with Crippen LogP contribution in [0.4, 0.5) is 0 Å². The van der Waals surface area contributed by atoms with Crippen LogP contribution in [-0.2, 0) is 66.3 Å². The molecule has 0 saturated carbocycles. The summed E-state index contributed by atoms with van der Waals surface area (Å²) in [4.78, 5) is 102. The maximum absolute atomic E-state index is 14.5. The molecule has 19 nitrogen and oxygen atoms in total. The lowest BCUT2D eigenvalue weighted by atomic mass is 9.96. The quantitative estimate of drug-likeness (QED) is 0.0164. The minimum atomic E-state index is -5.44. The molecule has 20 heteroatoms. The number of nitrogens with one attached hydrogen (secondary N) is 2. The van der Waals surface area contributed by atoms with Crippen LogP contribution in [0, 0.1) is 0 Å². The van der Waals surface area contributed by atoms with E-state index >= 15 is 0 Å². The molecule has 8 atom stereocenters. The second kappa shape index (κ2) is 55.4. The molecule has 88 heavy (non-hydrogen) atoms. The van der Waals surface area contributed by atoms with Gasteiger partial charge in [-0.05, 0) is 57.8 Å². The van der Waals surface area contributed by atoms with E-state index in [0.717, 1.165) is 116 Å². The SMILES string of the molecule is CCCCCCCCCCC[C@H](CC(=O)NCCO[C@H]1O[C@H](CO)[C@@H](OP(=O)(O)O)[C@H](OC(=O)C[C@@H](CCCCCCCCCCC)OC(=O)CCCCC)[C@@H]1NC(=O)C[C@@H](CCCCCCCCCCC)OC(=O)CCCCC)OC(=O)CCCCC. The summed E-state index contributed by atoms with van der Waals surface area (Å²) in [6.07, 6.45) is 27.8. The molecular formula is C68H127N2O17P. The number of phosphoric acid groups is 1. The monoisotopic (exact) mass is 1270 g/mol. The van der Waals surface area contributed by atoms with Crippen molar-refractivity contribution >= 4 is 43.5 Å². The second-order valence-electron chi connectivity index (χ2n) is 24.7. The first-order valence-corrected chi connectivity index (χ1v) is 37.0. The predicted molar refractivity (Wildman–Crippen MR) is 345 cm³/mol. The molecule has 1 aliphatic rings. The van der Waals surface area contributed by atoms with Gasteiger partial charge in [0.25, 0.3) is 0 Å². The standard InChI is InChI=1S/C68H127N2O17P/c1-7-13-19-22-25-28-31-34-40-43-55(82-61(74)46-37-16-10-4)51-59(72)69-49-50-81-68-65(70-60(73)52-56(83-62(75)47-38-17-11-5)44-41-35-32-29-26-23-20-14-8-2)67(66(58(54-71)85-68)87-88(78,79)80)86-64(77)53-57(84-63(76)48-39-18-12-6)45-42-36-33-30-27-24-21-15-9-3/h55-58,65-68,71H,7-54H2,1-6H3,(H,69,72)(H,70,73)(H2,78,79,80)/t55-,56-,57-,58-,65+,66-,67-,68+/m1/s1. The Morgan fingerprint density at radius 3 is 1.15 bits per heavy atom. The van der Waals surface area contributed by atoms with Crippen molar-refractivity contribution in [2.75, 3.05) is 19.8 Å². The number of carbonyl (C=O) groups is 6. The highest BCUT2D eigenvalue weighted by molar-refractivity contribution is 7.46. The summed E-state index contributed by atoms with van der Waals surface area (Å²) >= 11 is 0. The number of carbonyl (C=O) groups excluding carboxylic acids is 6. The maximum atomic E-state index is 14.5. The van der Waals surface area contributed by atoms with E-state index in [-0.39, 0.29) is 51.2 Å². The van der Waals surface area contributed by atoms with Crippen LogP contribution in [-0.4, -0.2) is 119 Å². The molecule has 0 bridgehead atoms. The first-order chi connectivity index (χ1) is 42.5. The molecule has 1 heterocycles. The number of hydrogen-bond donors (Lipinski definition) is 5. The molecule has 1 rings (SSSR count). The Bertz CT molecular complexity index is 1820. The van der Waals surface area contributed by atoms with Crippen molar-refractivity contribution in [3.05, 3.63) is 0 Å². The summed E-state index contributed by atoms with van der Waals surface area (Å²) in [5.74, 6) is -3.29. The molecule has 0 aliphatic carbocycles. The third kappa shape index (κ3) is 45.1. The molecular weight excluding hydrogens is 1150 g/mol. The number of unbranched alkanes of at least 4 members (excludes halogenated alkanes) is 30. The van der Waals surface area contributed by atoms with Gasteiger partial charge in [-0.3, -0.25) is 33.3 Å². The summed E-state index contributed by atoms with van der Waals surface area (Å²) in [6, 6.07) is -1.57. The Morgan fingerprint density at radius 2 is 0.784 bits per heavy atom. The van der Waals surface area contributed by atoms with Crippen molar-refractivity contribution in [3.8, 4) is 0 Å². The normalized spacial score (nSPS) is 17.9. The molecule has 0 aromatic carbocycles. The third-order valence-electron chi connectivity index (χ3n) is 16.3. The van der Waals surface area contributed by atoms with Gasteiger partial charge in [0.05, 0.1) is 32.5 Å².